The molecular weight excluding hydrogens is 248 g/mol. The van der Waals surface area contributed by atoms with Gasteiger partial charge in [-0.2, -0.15) is 5.26 Å². The van der Waals surface area contributed by atoms with Crippen molar-refractivity contribution in [3.8, 4) is 6.07 Å². The summed E-state index contributed by atoms with van der Waals surface area (Å²) in [5, 5.41) is 9.18. The molecule has 1 aromatic carbocycles. The van der Waals surface area contributed by atoms with E-state index in [1.54, 1.807) is 12.4 Å². The number of nitriles is 1. The second-order valence-corrected chi connectivity index (χ2v) is 5.84. The van der Waals surface area contributed by atoms with Gasteiger partial charge in [0.05, 0.1) is 11.1 Å². The average molecular weight is 266 g/mol. The van der Waals surface area contributed by atoms with Gasteiger partial charge in [0, 0.05) is 18.4 Å². The highest BCUT2D eigenvalue weighted by Gasteiger charge is 2.27. The lowest BCUT2D eigenvalue weighted by Gasteiger charge is -2.31. The van der Waals surface area contributed by atoms with Crippen molar-refractivity contribution in [2.24, 2.45) is 11.7 Å². The molecule has 0 spiro atoms. The fourth-order valence-corrected chi connectivity index (χ4v) is 3.41. The second-order valence-electron chi connectivity index (χ2n) is 5.84. The SMILES string of the molecule is CC1CC(N)CC(c2ccc(C#N)c3nccnc23)C1. The first kappa shape index (κ1) is 13.0. The van der Waals surface area contributed by atoms with E-state index in [2.05, 4.69) is 23.0 Å². The zero-order valence-corrected chi connectivity index (χ0v) is 11.6. The third-order valence-corrected chi connectivity index (χ3v) is 4.20. The standard InChI is InChI=1S/C16H18N4/c1-10-6-12(8-13(18)7-10)14-3-2-11(9-17)15-16(14)20-5-4-19-15/h2-5,10,12-13H,6-8,18H2,1H3. The molecule has 3 unspecified atom stereocenters. The molecule has 2 N–H and O–H groups in total. The fourth-order valence-electron chi connectivity index (χ4n) is 3.41. The molecule has 4 heteroatoms. The maximum Gasteiger partial charge on any atom is 0.107 e. The van der Waals surface area contributed by atoms with Gasteiger partial charge >= 0.3 is 0 Å². The Kier molecular flexibility index (Phi) is 3.37. The number of aromatic nitrogens is 2. The molecule has 2 aromatic rings. The van der Waals surface area contributed by atoms with Gasteiger partial charge in [-0.15, -0.1) is 0 Å². The van der Waals surface area contributed by atoms with E-state index in [4.69, 9.17) is 5.73 Å². The van der Waals surface area contributed by atoms with Crippen molar-refractivity contribution >= 4 is 11.0 Å². The Labute approximate surface area is 118 Å². The van der Waals surface area contributed by atoms with Crippen LogP contribution in [0.3, 0.4) is 0 Å². The lowest BCUT2D eigenvalue weighted by Crippen LogP contribution is -2.31. The van der Waals surface area contributed by atoms with Crippen molar-refractivity contribution in [3.63, 3.8) is 0 Å². The molecule has 1 aromatic heterocycles. The van der Waals surface area contributed by atoms with E-state index in [0.717, 1.165) is 24.8 Å². The minimum Gasteiger partial charge on any atom is -0.328 e. The second kappa shape index (κ2) is 5.18. The quantitative estimate of drug-likeness (QED) is 0.861. The molecule has 1 aliphatic carbocycles. The lowest BCUT2D eigenvalue weighted by molar-refractivity contribution is 0.309. The van der Waals surface area contributed by atoms with E-state index >= 15 is 0 Å². The summed E-state index contributed by atoms with van der Waals surface area (Å²) in [7, 11) is 0. The van der Waals surface area contributed by atoms with Gasteiger partial charge in [0.2, 0.25) is 0 Å². The Morgan fingerprint density at radius 3 is 2.60 bits per heavy atom. The molecule has 0 aliphatic heterocycles. The van der Waals surface area contributed by atoms with E-state index in [0.29, 0.717) is 22.9 Å². The van der Waals surface area contributed by atoms with E-state index in [-0.39, 0.29) is 6.04 Å². The highest BCUT2D eigenvalue weighted by molar-refractivity contribution is 5.83. The van der Waals surface area contributed by atoms with Gasteiger partial charge in [-0.1, -0.05) is 13.0 Å². The van der Waals surface area contributed by atoms with Gasteiger partial charge in [-0.25, -0.2) is 0 Å². The maximum atomic E-state index is 9.18. The summed E-state index contributed by atoms with van der Waals surface area (Å²) in [6.45, 7) is 2.25. The van der Waals surface area contributed by atoms with Gasteiger partial charge < -0.3 is 5.73 Å². The number of rotatable bonds is 1. The van der Waals surface area contributed by atoms with Crippen LogP contribution in [0.15, 0.2) is 24.5 Å². The van der Waals surface area contributed by atoms with Crippen LogP contribution in [0.25, 0.3) is 11.0 Å². The average Bonchev–Trinajstić information content (AvgIpc) is 2.45. The van der Waals surface area contributed by atoms with Crippen LogP contribution in [0, 0.1) is 17.2 Å². The van der Waals surface area contributed by atoms with Gasteiger partial charge in [0.15, 0.2) is 0 Å². The molecule has 0 bridgehead atoms. The summed E-state index contributed by atoms with van der Waals surface area (Å²) in [4.78, 5) is 8.79. The van der Waals surface area contributed by atoms with Gasteiger partial charge in [-0.3, -0.25) is 9.97 Å². The molecule has 20 heavy (non-hydrogen) atoms. The number of fused-ring (bicyclic) bond motifs is 1. The molecule has 0 radical (unpaired) electrons. The van der Waals surface area contributed by atoms with Gasteiger partial charge in [0.1, 0.15) is 11.6 Å². The van der Waals surface area contributed by atoms with Gasteiger partial charge in [-0.05, 0) is 42.7 Å². The number of hydrogen-bond acceptors (Lipinski definition) is 4. The molecular formula is C16H18N4. The molecule has 3 rings (SSSR count). The minimum absolute atomic E-state index is 0.256. The summed E-state index contributed by atoms with van der Waals surface area (Å²) in [5.41, 5.74) is 9.51. The Balaban J connectivity index is 2.11. The molecule has 1 heterocycles. The molecule has 1 saturated carbocycles. The zero-order valence-electron chi connectivity index (χ0n) is 11.6. The highest BCUT2D eigenvalue weighted by Crippen LogP contribution is 2.38. The number of nitrogens with zero attached hydrogens (tertiary/aromatic N) is 3. The van der Waals surface area contributed by atoms with Crippen molar-refractivity contribution in [1.29, 1.82) is 5.26 Å². The van der Waals surface area contributed by atoms with Crippen LogP contribution < -0.4 is 5.73 Å². The van der Waals surface area contributed by atoms with Crippen LogP contribution in [0.5, 0.6) is 0 Å². The van der Waals surface area contributed by atoms with Crippen molar-refractivity contribution in [1.82, 2.24) is 9.97 Å². The number of benzene rings is 1. The first-order valence-corrected chi connectivity index (χ1v) is 7.08. The van der Waals surface area contributed by atoms with E-state index in [9.17, 15) is 5.26 Å². The van der Waals surface area contributed by atoms with Crippen molar-refractivity contribution < 1.29 is 0 Å². The van der Waals surface area contributed by atoms with Crippen LogP contribution in [-0.4, -0.2) is 16.0 Å². The molecule has 0 amide bonds. The first-order valence-electron chi connectivity index (χ1n) is 7.08. The minimum atomic E-state index is 0.256. The van der Waals surface area contributed by atoms with Crippen LogP contribution in [0.2, 0.25) is 0 Å². The lowest BCUT2D eigenvalue weighted by atomic mass is 9.76. The largest absolute Gasteiger partial charge is 0.328 e. The third kappa shape index (κ3) is 2.25. The van der Waals surface area contributed by atoms with Gasteiger partial charge in [0.25, 0.3) is 0 Å². The first-order chi connectivity index (χ1) is 9.69. The molecule has 3 atom stereocenters. The molecule has 4 nitrogen and oxygen atoms in total. The van der Waals surface area contributed by atoms with Crippen LogP contribution >= 0.6 is 0 Å². The monoisotopic (exact) mass is 266 g/mol. The summed E-state index contributed by atoms with van der Waals surface area (Å²) in [6, 6.07) is 6.34. The summed E-state index contributed by atoms with van der Waals surface area (Å²) >= 11 is 0. The van der Waals surface area contributed by atoms with Crippen LogP contribution in [0.1, 0.15) is 43.2 Å². The summed E-state index contributed by atoms with van der Waals surface area (Å²) in [6.07, 6.45) is 6.55. The van der Waals surface area contributed by atoms with Crippen LogP contribution in [0.4, 0.5) is 0 Å². The maximum absolute atomic E-state index is 9.18. The summed E-state index contributed by atoms with van der Waals surface area (Å²) < 4.78 is 0. The third-order valence-electron chi connectivity index (χ3n) is 4.20. The Morgan fingerprint density at radius 2 is 1.90 bits per heavy atom. The zero-order chi connectivity index (χ0) is 14.1. The van der Waals surface area contributed by atoms with E-state index in [1.807, 2.05) is 12.1 Å². The van der Waals surface area contributed by atoms with E-state index < -0.39 is 0 Å². The smallest absolute Gasteiger partial charge is 0.107 e. The predicted octanol–water partition coefficient (Wildman–Crippen LogP) is 2.73. The predicted molar refractivity (Wildman–Crippen MR) is 78.0 cm³/mol. The topological polar surface area (TPSA) is 75.6 Å². The molecule has 102 valence electrons. The summed E-state index contributed by atoms with van der Waals surface area (Å²) in [5.74, 6) is 1.05. The van der Waals surface area contributed by atoms with Crippen molar-refractivity contribution in [2.45, 2.75) is 38.1 Å². The molecule has 1 fully saturated rings. The van der Waals surface area contributed by atoms with Crippen LogP contribution in [-0.2, 0) is 0 Å². The normalized spacial score (nSPS) is 26.4. The highest BCUT2D eigenvalue weighted by atomic mass is 14.8. The fraction of sp³-hybridized carbons (Fsp3) is 0.438. The molecule has 1 aliphatic rings. The van der Waals surface area contributed by atoms with Crippen molar-refractivity contribution in [2.75, 3.05) is 0 Å². The van der Waals surface area contributed by atoms with Crippen molar-refractivity contribution in [3.05, 3.63) is 35.7 Å². The number of hydrogen-bond donors (Lipinski definition) is 1. The molecule has 0 saturated heterocycles. The van der Waals surface area contributed by atoms with E-state index in [1.165, 1.54) is 5.56 Å². The Bertz CT molecular complexity index is 664. The Morgan fingerprint density at radius 1 is 1.15 bits per heavy atom. The number of nitrogens with two attached hydrogens (primary N) is 1. The Hall–Kier alpha value is -1.99.